The van der Waals surface area contributed by atoms with E-state index in [4.69, 9.17) is 0 Å². The number of fused-ring (bicyclic) bond motifs is 1. The van der Waals surface area contributed by atoms with Crippen LogP contribution in [0, 0.1) is 0 Å². The van der Waals surface area contributed by atoms with Crippen molar-refractivity contribution in [1.82, 2.24) is 10.3 Å². The summed E-state index contributed by atoms with van der Waals surface area (Å²) in [6.45, 7) is 3.17. The van der Waals surface area contributed by atoms with Gasteiger partial charge in [0.2, 0.25) is 0 Å². The molecule has 0 aliphatic carbocycles. The molecule has 2 rings (SSSR count). The van der Waals surface area contributed by atoms with Gasteiger partial charge in [-0.1, -0.05) is 24.3 Å². The van der Waals surface area contributed by atoms with Crippen LogP contribution >= 0.6 is 0 Å². The number of rotatable bonds is 4. The van der Waals surface area contributed by atoms with Gasteiger partial charge in [-0.2, -0.15) is 0 Å². The highest BCUT2D eigenvalue weighted by Crippen LogP contribution is 2.19. The zero-order valence-electron chi connectivity index (χ0n) is 10.4. The number of hydrogen-bond acceptors (Lipinski definition) is 2. The summed E-state index contributed by atoms with van der Waals surface area (Å²) in [5, 5.41) is 4.34. The van der Waals surface area contributed by atoms with E-state index in [1.165, 1.54) is 16.5 Å². The summed E-state index contributed by atoms with van der Waals surface area (Å²) < 4.78 is 0. The Balaban J connectivity index is 2.26. The molecule has 0 amide bonds. The minimum Gasteiger partial charge on any atom is -0.319 e. The molecule has 0 unspecified atom stereocenters. The van der Waals surface area contributed by atoms with Crippen LogP contribution in [0.15, 0.2) is 42.6 Å². The van der Waals surface area contributed by atoms with E-state index in [1.54, 1.807) is 0 Å². The van der Waals surface area contributed by atoms with Gasteiger partial charge in [0, 0.05) is 11.6 Å². The van der Waals surface area contributed by atoms with Crippen molar-refractivity contribution in [1.29, 1.82) is 0 Å². The van der Waals surface area contributed by atoms with Gasteiger partial charge in [-0.15, -0.1) is 0 Å². The van der Waals surface area contributed by atoms with Crippen molar-refractivity contribution < 1.29 is 0 Å². The molecule has 1 aromatic carbocycles. The number of allylic oxidation sites excluding steroid dienone is 1. The van der Waals surface area contributed by atoms with Crippen LogP contribution in [0.5, 0.6) is 0 Å². The maximum Gasteiger partial charge on any atom is 0.0708 e. The third-order valence-corrected chi connectivity index (χ3v) is 2.91. The van der Waals surface area contributed by atoms with Crippen molar-refractivity contribution in [2.45, 2.75) is 13.3 Å². The summed E-state index contributed by atoms with van der Waals surface area (Å²) in [4.78, 5) is 4.38. The molecule has 0 aliphatic rings. The van der Waals surface area contributed by atoms with Crippen molar-refractivity contribution in [3.8, 4) is 0 Å². The molecule has 1 aromatic heterocycles. The molecule has 2 heteroatoms. The molecule has 0 aliphatic heterocycles. The molecular formula is C15H18N2. The van der Waals surface area contributed by atoms with Crippen molar-refractivity contribution >= 4 is 16.5 Å². The molecule has 0 saturated heterocycles. The van der Waals surface area contributed by atoms with Crippen molar-refractivity contribution in [3.05, 3.63) is 48.2 Å². The fraction of sp³-hybridized carbons (Fsp3) is 0.267. The molecular weight excluding hydrogens is 208 g/mol. The van der Waals surface area contributed by atoms with Crippen LogP contribution < -0.4 is 5.32 Å². The second-order valence-electron chi connectivity index (χ2n) is 4.19. The zero-order valence-corrected chi connectivity index (χ0v) is 10.4. The third-order valence-electron chi connectivity index (χ3n) is 2.91. The van der Waals surface area contributed by atoms with Crippen LogP contribution in [0.4, 0.5) is 0 Å². The van der Waals surface area contributed by atoms with Gasteiger partial charge in [-0.3, -0.25) is 4.98 Å². The Morgan fingerprint density at radius 2 is 2.24 bits per heavy atom. The summed E-state index contributed by atoms with van der Waals surface area (Å²) in [7, 11) is 1.98. The zero-order chi connectivity index (χ0) is 12.1. The monoisotopic (exact) mass is 226 g/mol. The average Bonchev–Trinajstić information content (AvgIpc) is 2.38. The largest absolute Gasteiger partial charge is 0.319 e. The second kappa shape index (κ2) is 5.60. The van der Waals surface area contributed by atoms with E-state index in [9.17, 15) is 0 Å². The predicted molar refractivity (Wildman–Crippen MR) is 73.9 cm³/mol. The summed E-state index contributed by atoms with van der Waals surface area (Å²) in [5.74, 6) is 0. The molecule has 0 fully saturated rings. The SMILES string of the molecule is CNCC/C=C(/C)c1ccc2cccnc2c1. The maximum atomic E-state index is 4.38. The van der Waals surface area contributed by atoms with Gasteiger partial charge in [0.1, 0.15) is 0 Å². The van der Waals surface area contributed by atoms with Crippen molar-refractivity contribution in [3.63, 3.8) is 0 Å². The number of nitrogens with one attached hydrogen (secondary N) is 1. The first-order valence-electron chi connectivity index (χ1n) is 5.98. The van der Waals surface area contributed by atoms with Gasteiger partial charge < -0.3 is 5.32 Å². The quantitative estimate of drug-likeness (QED) is 0.809. The Hall–Kier alpha value is -1.67. The van der Waals surface area contributed by atoms with Gasteiger partial charge in [-0.25, -0.2) is 0 Å². The highest BCUT2D eigenvalue weighted by Gasteiger charge is 1.98. The minimum atomic E-state index is 1.02. The average molecular weight is 226 g/mol. The standard InChI is InChI=1S/C15H18N2/c1-12(5-3-9-16-2)14-8-7-13-6-4-10-17-15(13)11-14/h4-8,10-11,16H,3,9H2,1-2H3/b12-5-. The molecule has 0 radical (unpaired) electrons. The minimum absolute atomic E-state index is 1.02. The van der Waals surface area contributed by atoms with Gasteiger partial charge in [0.05, 0.1) is 5.52 Å². The van der Waals surface area contributed by atoms with Crippen LogP contribution in [-0.4, -0.2) is 18.6 Å². The molecule has 2 nitrogen and oxygen atoms in total. The summed E-state index contributed by atoms with van der Waals surface area (Å²) in [6.07, 6.45) is 5.16. The Morgan fingerprint density at radius 3 is 3.06 bits per heavy atom. The van der Waals surface area contributed by atoms with Gasteiger partial charge in [0.25, 0.3) is 0 Å². The summed E-state index contributed by atoms with van der Waals surface area (Å²) in [6, 6.07) is 10.5. The number of nitrogens with zero attached hydrogens (tertiary/aromatic N) is 1. The van der Waals surface area contributed by atoms with E-state index in [2.05, 4.69) is 47.6 Å². The first-order valence-corrected chi connectivity index (χ1v) is 5.98. The normalized spacial score (nSPS) is 12.0. The number of pyridine rings is 1. The van der Waals surface area contributed by atoms with Crippen molar-refractivity contribution in [2.75, 3.05) is 13.6 Å². The number of benzene rings is 1. The van der Waals surface area contributed by atoms with Crippen LogP contribution in [0.3, 0.4) is 0 Å². The highest BCUT2D eigenvalue weighted by atomic mass is 14.8. The van der Waals surface area contributed by atoms with E-state index in [-0.39, 0.29) is 0 Å². The smallest absolute Gasteiger partial charge is 0.0708 e. The molecule has 1 N–H and O–H groups in total. The molecule has 17 heavy (non-hydrogen) atoms. The molecule has 0 spiro atoms. The lowest BCUT2D eigenvalue weighted by Gasteiger charge is -2.04. The maximum absolute atomic E-state index is 4.38. The predicted octanol–water partition coefficient (Wildman–Crippen LogP) is 3.25. The van der Waals surface area contributed by atoms with E-state index < -0.39 is 0 Å². The van der Waals surface area contributed by atoms with Crippen molar-refractivity contribution in [2.24, 2.45) is 0 Å². The fourth-order valence-electron chi connectivity index (χ4n) is 1.86. The van der Waals surface area contributed by atoms with E-state index in [1.807, 2.05) is 19.3 Å². The topological polar surface area (TPSA) is 24.9 Å². The van der Waals surface area contributed by atoms with Crippen LogP contribution in [0.25, 0.3) is 16.5 Å². The molecule has 0 atom stereocenters. The Morgan fingerprint density at radius 1 is 1.35 bits per heavy atom. The number of aromatic nitrogens is 1. The molecule has 2 aromatic rings. The molecule has 0 saturated carbocycles. The lowest BCUT2D eigenvalue weighted by Crippen LogP contribution is -2.05. The Bertz CT molecular complexity index is 529. The number of hydrogen-bond donors (Lipinski definition) is 1. The van der Waals surface area contributed by atoms with E-state index in [0.29, 0.717) is 0 Å². The molecule has 88 valence electrons. The fourth-order valence-corrected chi connectivity index (χ4v) is 1.86. The Kier molecular flexibility index (Phi) is 3.89. The van der Waals surface area contributed by atoms with Gasteiger partial charge >= 0.3 is 0 Å². The molecule has 1 heterocycles. The lowest BCUT2D eigenvalue weighted by molar-refractivity contribution is 0.808. The highest BCUT2D eigenvalue weighted by molar-refractivity contribution is 5.82. The van der Waals surface area contributed by atoms with E-state index >= 15 is 0 Å². The van der Waals surface area contributed by atoms with Crippen LogP contribution in [0.2, 0.25) is 0 Å². The van der Waals surface area contributed by atoms with Crippen LogP contribution in [0.1, 0.15) is 18.9 Å². The summed E-state index contributed by atoms with van der Waals surface area (Å²) >= 11 is 0. The second-order valence-corrected chi connectivity index (χ2v) is 4.19. The molecule has 0 bridgehead atoms. The first kappa shape index (κ1) is 11.8. The van der Waals surface area contributed by atoms with E-state index in [0.717, 1.165) is 18.5 Å². The first-order chi connectivity index (χ1) is 8.31. The summed E-state index contributed by atoms with van der Waals surface area (Å²) in [5.41, 5.74) is 3.63. The Labute approximate surface area is 102 Å². The lowest BCUT2D eigenvalue weighted by atomic mass is 10.0. The van der Waals surface area contributed by atoms with Gasteiger partial charge in [0.15, 0.2) is 0 Å². The van der Waals surface area contributed by atoms with Gasteiger partial charge in [-0.05, 0) is 50.2 Å². The third kappa shape index (κ3) is 2.92. The van der Waals surface area contributed by atoms with Crippen LogP contribution in [-0.2, 0) is 0 Å².